The molecule has 10 heteroatoms. The van der Waals surface area contributed by atoms with E-state index in [0.717, 1.165) is 21.2 Å². The van der Waals surface area contributed by atoms with Crippen LogP contribution in [0.3, 0.4) is 0 Å². The molecular formula is C20H26BrN5O2S2. The monoisotopic (exact) mass is 511 g/mol. The minimum Gasteiger partial charge on any atom is -0.394 e. The number of hydrogen-bond acceptors (Lipinski definition) is 8. The smallest absolute Gasteiger partial charge is 0.222 e. The minimum absolute atomic E-state index is 0.00504. The SMILES string of the molecule is CC(C)C[C@H](CO)N(C)c1nc([S@@](=O)CCc2ccccc2Br)nc2nc(N)sc12. The van der Waals surface area contributed by atoms with Crippen LogP contribution in [0.4, 0.5) is 10.9 Å². The molecule has 0 bridgehead atoms. The molecule has 2 aromatic heterocycles. The van der Waals surface area contributed by atoms with Crippen LogP contribution in [0.2, 0.25) is 0 Å². The molecule has 30 heavy (non-hydrogen) atoms. The normalized spacial score (nSPS) is 13.7. The number of likely N-dealkylation sites (N-methyl/N-ethyl adjacent to an activating group) is 1. The Balaban J connectivity index is 1.92. The van der Waals surface area contributed by atoms with Gasteiger partial charge in [0.2, 0.25) is 5.16 Å². The van der Waals surface area contributed by atoms with Crippen LogP contribution in [0.1, 0.15) is 25.8 Å². The Morgan fingerprint density at radius 1 is 1.27 bits per heavy atom. The van der Waals surface area contributed by atoms with E-state index in [4.69, 9.17) is 5.73 Å². The van der Waals surface area contributed by atoms with Crippen molar-refractivity contribution in [3.8, 4) is 0 Å². The Morgan fingerprint density at radius 3 is 2.67 bits per heavy atom. The third-order valence-electron chi connectivity index (χ3n) is 4.79. The molecule has 0 saturated heterocycles. The van der Waals surface area contributed by atoms with Crippen molar-refractivity contribution in [1.29, 1.82) is 0 Å². The quantitative estimate of drug-likeness (QED) is 0.422. The summed E-state index contributed by atoms with van der Waals surface area (Å²) in [5, 5.41) is 10.5. The molecule has 3 aromatic rings. The summed E-state index contributed by atoms with van der Waals surface area (Å²) in [5.74, 6) is 1.41. The first-order valence-electron chi connectivity index (χ1n) is 9.69. The highest BCUT2D eigenvalue weighted by molar-refractivity contribution is 9.10. The summed E-state index contributed by atoms with van der Waals surface area (Å²) in [4.78, 5) is 15.3. The van der Waals surface area contributed by atoms with E-state index in [1.54, 1.807) is 0 Å². The van der Waals surface area contributed by atoms with Crippen molar-refractivity contribution in [3.05, 3.63) is 34.3 Å². The summed E-state index contributed by atoms with van der Waals surface area (Å²) in [6.45, 7) is 4.22. The maximum atomic E-state index is 13.0. The number of aryl methyl sites for hydroxylation is 1. The van der Waals surface area contributed by atoms with Gasteiger partial charge in [-0.2, -0.15) is 4.98 Å². The standard InChI is InChI=1S/C20H26BrN5O2S2/c1-12(2)10-14(11-27)26(3)18-16-17(23-19(22)29-16)24-20(25-18)30(28)9-8-13-6-4-5-7-15(13)21/h4-7,12,14,27H,8-11H2,1-3H3,(H2,22,23,24,25)/t14-,30+/m1/s1. The average Bonchev–Trinajstić information content (AvgIpc) is 3.09. The Morgan fingerprint density at radius 2 is 2.00 bits per heavy atom. The summed E-state index contributed by atoms with van der Waals surface area (Å²) in [6.07, 6.45) is 1.43. The van der Waals surface area contributed by atoms with Crippen molar-refractivity contribution in [2.75, 3.05) is 30.0 Å². The number of aliphatic hydroxyl groups is 1. The van der Waals surface area contributed by atoms with Gasteiger partial charge in [-0.1, -0.05) is 59.3 Å². The zero-order chi connectivity index (χ0) is 21.8. The first kappa shape index (κ1) is 23.1. The van der Waals surface area contributed by atoms with Crippen molar-refractivity contribution in [2.24, 2.45) is 5.92 Å². The number of rotatable bonds is 9. The van der Waals surface area contributed by atoms with Crippen LogP contribution in [-0.4, -0.2) is 49.7 Å². The van der Waals surface area contributed by atoms with Gasteiger partial charge in [-0.3, -0.25) is 4.21 Å². The van der Waals surface area contributed by atoms with Crippen molar-refractivity contribution in [2.45, 2.75) is 37.9 Å². The number of anilines is 2. The van der Waals surface area contributed by atoms with Gasteiger partial charge in [-0.05, 0) is 30.4 Å². The minimum atomic E-state index is -1.40. The molecular weight excluding hydrogens is 486 g/mol. The lowest BCUT2D eigenvalue weighted by atomic mass is 10.0. The second-order valence-electron chi connectivity index (χ2n) is 7.50. The highest BCUT2D eigenvalue weighted by Crippen LogP contribution is 2.32. The second-order valence-corrected chi connectivity index (χ2v) is 10.9. The molecule has 2 heterocycles. The van der Waals surface area contributed by atoms with Gasteiger partial charge >= 0.3 is 0 Å². The van der Waals surface area contributed by atoms with Crippen LogP contribution < -0.4 is 10.6 Å². The maximum absolute atomic E-state index is 13.0. The molecule has 0 spiro atoms. The molecule has 2 atom stereocenters. The number of nitrogen functional groups attached to an aromatic ring is 1. The molecule has 0 aliphatic carbocycles. The summed E-state index contributed by atoms with van der Waals surface area (Å²) in [7, 11) is 0.484. The summed E-state index contributed by atoms with van der Waals surface area (Å²) >= 11 is 4.83. The molecule has 0 fully saturated rings. The predicted octanol–water partition coefficient (Wildman–Crippen LogP) is 3.62. The molecule has 7 nitrogen and oxygen atoms in total. The van der Waals surface area contributed by atoms with Crippen LogP contribution in [0.15, 0.2) is 33.9 Å². The van der Waals surface area contributed by atoms with E-state index in [-0.39, 0.29) is 17.8 Å². The van der Waals surface area contributed by atoms with Crippen molar-refractivity contribution >= 4 is 59.4 Å². The highest BCUT2D eigenvalue weighted by atomic mass is 79.9. The van der Waals surface area contributed by atoms with Crippen LogP contribution in [0.25, 0.3) is 10.3 Å². The van der Waals surface area contributed by atoms with E-state index >= 15 is 0 Å². The van der Waals surface area contributed by atoms with Crippen LogP contribution in [-0.2, 0) is 17.2 Å². The fourth-order valence-electron chi connectivity index (χ4n) is 3.21. The number of hydrogen-bond donors (Lipinski definition) is 2. The first-order chi connectivity index (χ1) is 14.3. The Bertz CT molecular complexity index is 1040. The van der Waals surface area contributed by atoms with Crippen LogP contribution >= 0.6 is 27.3 Å². The zero-order valence-electron chi connectivity index (χ0n) is 17.2. The first-order valence-corrected chi connectivity index (χ1v) is 12.6. The summed E-state index contributed by atoms with van der Waals surface area (Å²) in [5.41, 5.74) is 7.44. The molecule has 0 radical (unpaired) electrons. The summed E-state index contributed by atoms with van der Waals surface area (Å²) in [6, 6.07) is 7.76. The highest BCUT2D eigenvalue weighted by Gasteiger charge is 2.23. The Hall–Kier alpha value is -1.62. The number of aromatic nitrogens is 3. The van der Waals surface area contributed by atoms with E-state index in [1.807, 2.05) is 36.2 Å². The van der Waals surface area contributed by atoms with E-state index < -0.39 is 10.8 Å². The van der Waals surface area contributed by atoms with Gasteiger partial charge in [0.05, 0.1) is 23.4 Å². The largest absolute Gasteiger partial charge is 0.394 e. The number of nitrogens with zero attached hydrogens (tertiary/aromatic N) is 4. The number of thiazole rings is 1. The maximum Gasteiger partial charge on any atom is 0.222 e. The molecule has 0 aliphatic heterocycles. The molecule has 1 aromatic carbocycles. The van der Waals surface area contributed by atoms with Gasteiger partial charge in [0, 0.05) is 17.3 Å². The van der Waals surface area contributed by atoms with E-state index in [9.17, 15) is 9.32 Å². The molecule has 162 valence electrons. The number of halogens is 1. The number of aliphatic hydroxyl groups excluding tert-OH is 1. The van der Waals surface area contributed by atoms with E-state index in [0.29, 0.717) is 34.7 Å². The van der Waals surface area contributed by atoms with Gasteiger partial charge in [0.15, 0.2) is 16.6 Å². The topological polar surface area (TPSA) is 105 Å². The van der Waals surface area contributed by atoms with Gasteiger partial charge in [0.1, 0.15) is 4.70 Å². The predicted molar refractivity (Wildman–Crippen MR) is 127 cm³/mol. The molecule has 0 amide bonds. The molecule has 0 saturated carbocycles. The Kier molecular flexibility index (Phi) is 7.78. The van der Waals surface area contributed by atoms with Crippen molar-refractivity contribution < 1.29 is 9.32 Å². The number of benzene rings is 1. The van der Waals surface area contributed by atoms with Gasteiger partial charge < -0.3 is 15.7 Å². The van der Waals surface area contributed by atoms with Crippen LogP contribution in [0, 0.1) is 5.92 Å². The van der Waals surface area contributed by atoms with Crippen molar-refractivity contribution in [1.82, 2.24) is 15.0 Å². The summed E-state index contributed by atoms with van der Waals surface area (Å²) < 4.78 is 14.7. The Labute approximate surface area is 191 Å². The van der Waals surface area contributed by atoms with Gasteiger partial charge in [-0.15, -0.1) is 0 Å². The molecule has 3 rings (SSSR count). The lowest BCUT2D eigenvalue weighted by Gasteiger charge is -2.29. The zero-order valence-corrected chi connectivity index (χ0v) is 20.4. The van der Waals surface area contributed by atoms with Crippen molar-refractivity contribution in [3.63, 3.8) is 0 Å². The lowest BCUT2D eigenvalue weighted by molar-refractivity contribution is 0.245. The van der Waals surface area contributed by atoms with Crippen LogP contribution in [0.5, 0.6) is 0 Å². The van der Waals surface area contributed by atoms with Gasteiger partial charge in [-0.25, -0.2) is 9.97 Å². The number of nitrogens with two attached hydrogens (primary N) is 1. The molecule has 3 N–H and O–H groups in total. The fraction of sp³-hybridized carbons (Fsp3) is 0.450. The van der Waals surface area contributed by atoms with E-state index in [2.05, 4.69) is 44.7 Å². The molecule has 0 unspecified atom stereocenters. The average molecular weight is 512 g/mol. The second kappa shape index (κ2) is 10.1. The molecule has 0 aliphatic rings. The van der Waals surface area contributed by atoms with E-state index in [1.165, 1.54) is 11.3 Å². The third-order valence-corrected chi connectivity index (χ3v) is 7.59. The van der Waals surface area contributed by atoms with Gasteiger partial charge in [0.25, 0.3) is 0 Å². The lowest BCUT2D eigenvalue weighted by Crippen LogP contribution is -2.36. The third kappa shape index (κ3) is 5.35. The fourth-order valence-corrected chi connectivity index (χ4v) is 5.47. The number of fused-ring (bicyclic) bond motifs is 1.